The highest BCUT2D eigenvalue weighted by Gasteiger charge is 2.22. The van der Waals surface area contributed by atoms with Crippen LogP contribution in [0.3, 0.4) is 0 Å². The highest BCUT2D eigenvalue weighted by molar-refractivity contribution is 5.75. The first-order chi connectivity index (χ1) is 8.15. The molecule has 0 aromatic rings. The van der Waals surface area contributed by atoms with Crippen LogP contribution in [0.15, 0.2) is 0 Å². The molecule has 1 amide bonds. The second-order valence-electron chi connectivity index (χ2n) is 4.97. The molecule has 0 heterocycles. The van der Waals surface area contributed by atoms with Crippen molar-refractivity contribution in [2.75, 3.05) is 20.6 Å². The number of carbonyl (C=O) groups excluding carboxylic acids is 1. The van der Waals surface area contributed by atoms with Crippen molar-refractivity contribution < 1.29 is 4.79 Å². The highest BCUT2D eigenvalue weighted by atomic mass is 16.2. The molecule has 1 rings (SSSR count). The third kappa shape index (κ3) is 4.74. The van der Waals surface area contributed by atoms with Gasteiger partial charge < -0.3 is 10.2 Å². The van der Waals surface area contributed by atoms with Gasteiger partial charge in [-0.15, -0.1) is 0 Å². The Morgan fingerprint density at radius 1 is 1.35 bits per heavy atom. The third-order valence-electron chi connectivity index (χ3n) is 3.43. The second kappa shape index (κ2) is 7.29. The zero-order valence-corrected chi connectivity index (χ0v) is 10.9. The molecule has 0 saturated heterocycles. The van der Waals surface area contributed by atoms with E-state index in [1.807, 2.05) is 0 Å². The fourth-order valence-electron chi connectivity index (χ4n) is 2.29. The quantitative estimate of drug-likeness (QED) is 0.754. The summed E-state index contributed by atoms with van der Waals surface area (Å²) >= 11 is 0. The van der Waals surface area contributed by atoms with E-state index in [0.717, 1.165) is 19.3 Å². The van der Waals surface area contributed by atoms with Crippen molar-refractivity contribution in [2.45, 2.75) is 44.6 Å². The largest absolute Gasteiger partial charge is 0.349 e. The van der Waals surface area contributed by atoms with Crippen LogP contribution in [0.4, 0.5) is 0 Å². The molecule has 2 unspecified atom stereocenters. The van der Waals surface area contributed by atoms with Crippen molar-refractivity contribution in [3.8, 4) is 6.07 Å². The third-order valence-corrected chi connectivity index (χ3v) is 3.43. The van der Waals surface area contributed by atoms with Crippen LogP contribution in [-0.4, -0.2) is 37.5 Å². The molecule has 4 nitrogen and oxygen atoms in total. The first kappa shape index (κ1) is 14.0. The van der Waals surface area contributed by atoms with Crippen LogP contribution in [0.2, 0.25) is 0 Å². The van der Waals surface area contributed by atoms with E-state index in [-0.39, 0.29) is 17.9 Å². The summed E-state index contributed by atoms with van der Waals surface area (Å²) in [5.41, 5.74) is 0. The zero-order valence-electron chi connectivity index (χ0n) is 10.9. The van der Waals surface area contributed by atoms with Crippen LogP contribution in [0.25, 0.3) is 0 Å². The molecule has 0 aliphatic heterocycles. The average molecular weight is 237 g/mol. The molecule has 0 aromatic carbocycles. The summed E-state index contributed by atoms with van der Waals surface area (Å²) < 4.78 is 0. The van der Waals surface area contributed by atoms with Crippen molar-refractivity contribution >= 4 is 5.91 Å². The van der Waals surface area contributed by atoms with Gasteiger partial charge in [-0.1, -0.05) is 19.3 Å². The van der Waals surface area contributed by atoms with Gasteiger partial charge in [0, 0.05) is 33.1 Å². The van der Waals surface area contributed by atoms with Gasteiger partial charge in [-0.05, 0) is 12.8 Å². The van der Waals surface area contributed by atoms with Crippen LogP contribution in [0.5, 0.6) is 0 Å². The Bertz CT molecular complexity index is 283. The van der Waals surface area contributed by atoms with Crippen molar-refractivity contribution in [2.24, 2.45) is 5.92 Å². The lowest BCUT2D eigenvalue weighted by Gasteiger charge is -2.21. The molecule has 1 N–H and O–H groups in total. The van der Waals surface area contributed by atoms with Gasteiger partial charge in [0.1, 0.15) is 0 Å². The molecule has 0 spiro atoms. The Morgan fingerprint density at radius 2 is 2.06 bits per heavy atom. The van der Waals surface area contributed by atoms with Crippen molar-refractivity contribution in [1.82, 2.24) is 10.2 Å². The average Bonchev–Trinajstić information content (AvgIpc) is 2.53. The Labute approximate surface area is 104 Å². The lowest BCUT2D eigenvalue weighted by atomic mass is 9.96. The molecule has 4 heteroatoms. The van der Waals surface area contributed by atoms with Crippen molar-refractivity contribution in [1.29, 1.82) is 5.26 Å². The van der Waals surface area contributed by atoms with Gasteiger partial charge in [0.25, 0.3) is 0 Å². The summed E-state index contributed by atoms with van der Waals surface area (Å²) in [6, 6.07) is 2.67. The van der Waals surface area contributed by atoms with E-state index < -0.39 is 0 Å². The maximum atomic E-state index is 11.4. The minimum Gasteiger partial charge on any atom is -0.349 e. The molecule has 1 aliphatic carbocycles. The van der Waals surface area contributed by atoms with Crippen LogP contribution in [-0.2, 0) is 4.79 Å². The number of nitrogens with zero attached hydrogens (tertiary/aromatic N) is 2. The first-order valence-electron chi connectivity index (χ1n) is 6.48. The number of rotatable bonds is 4. The summed E-state index contributed by atoms with van der Waals surface area (Å²) in [7, 11) is 3.54. The summed E-state index contributed by atoms with van der Waals surface area (Å²) in [4.78, 5) is 13.0. The van der Waals surface area contributed by atoms with Crippen molar-refractivity contribution in [3.05, 3.63) is 0 Å². The van der Waals surface area contributed by atoms with E-state index in [1.54, 1.807) is 19.0 Å². The Balaban J connectivity index is 2.33. The van der Waals surface area contributed by atoms with E-state index in [9.17, 15) is 4.79 Å². The Morgan fingerprint density at radius 3 is 2.71 bits per heavy atom. The molecule has 2 atom stereocenters. The number of nitriles is 1. The maximum absolute atomic E-state index is 11.4. The fraction of sp³-hybridized carbons (Fsp3) is 0.846. The monoisotopic (exact) mass is 237 g/mol. The topological polar surface area (TPSA) is 56.1 Å². The molecule has 0 bridgehead atoms. The number of carbonyl (C=O) groups is 1. The number of amides is 1. The minimum atomic E-state index is 0.118. The van der Waals surface area contributed by atoms with Gasteiger partial charge in [-0.2, -0.15) is 5.26 Å². The predicted molar refractivity (Wildman–Crippen MR) is 67.3 cm³/mol. The van der Waals surface area contributed by atoms with Gasteiger partial charge in [0.15, 0.2) is 0 Å². The molecular weight excluding hydrogens is 214 g/mol. The van der Waals surface area contributed by atoms with Crippen LogP contribution >= 0.6 is 0 Å². The lowest BCUT2D eigenvalue weighted by Crippen LogP contribution is -2.37. The van der Waals surface area contributed by atoms with Crippen molar-refractivity contribution in [3.63, 3.8) is 0 Å². The molecule has 1 fully saturated rings. The van der Waals surface area contributed by atoms with Gasteiger partial charge in [-0.25, -0.2) is 0 Å². The molecule has 0 radical (unpaired) electrons. The molecular formula is C13H23N3O. The Kier molecular flexibility index (Phi) is 5.99. The van der Waals surface area contributed by atoms with Gasteiger partial charge >= 0.3 is 0 Å². The molecule has 17 heavy (non-hydrogen) atoms. The smallest absolute Gasteiger partial charge is 0.223 e. The SMILES string of the molecule is CN(C)C(=O)CCNC1CCCCCC1C#N. The van der Waals surface area contributed by atoms with E-state index in [0.29, 0.717) is 13.0 Å². The number of hydrogen-bond acceptors (Lipinski definition) is 3. The predicted octanol–water partition coefficient (Wildman–Crippen LogP) is 1.53. The maximum Gasteiger partial charge on any atom is 0.223 e. The summed E-state index contributed by atoms with van der Waals surface area (Å²) in [5.74, 6) is 0.256. The lowest BCUT2D eigenvalue weighted by molar-refractivity contribution is -0.128. The van der Waals surface area contributed by atoms with Crippen LogP contribution < -0.4 is 5.32 Å². The molecule has 1 aliphatic rings. The second-order valence-corrected chi connectivity index (χ2v) is 4.97. The highest BCUT2D eigenvalue weighted by Crippen LogP contribution is 2.22. The molecule has 96 valence electrons. The van der Waals surface area contributed by atoms with Gasteiger partial charge in [-0.3, -0.25) is 4.79 Å². The summed E-state index contributed by atoms with van der Waals surface area (Å²) in [5, 5.41) is 12.5. The zero-order chi connectivity index (χ0) is 12.7. The van der Waals surface area contributed by atoms with Crippen LogP contribution in [0.1, 0.15) is 38.5 Å². The minimum absolute atomic E-state index is 0.118. The summed E-state index contributed by atoms with van der Waals surface area (Å²) in [6.07, 6.45) is 6.16. The van der Waals surface area contributed by atoms with E-state index in [4.69, 9.17) is 5.26 Å². The van der Waals surface area contributed by atoms with Crippen LogP contribution in [0, 0.1) is 17.2 Å². The van der Waals surface area contributed by atoms with E-state index >= 15 is 0 Å². The fourth-order valence-corrected chi connectivity index (χ4v) is 2.29. The van der Waals surface area contributed by atoms with E-state index in [2.05, 4.69) is 11.4 Å². The Hall–Kier alpha value is -1.08. The number of hydrogen-bond donors (Lipinski definition) is 1. The molecule has 0 aromatic heterocycles. The van der Waals surface area contributed by atoms with E-state index in [1.165, 1.54) is 12.8 Å². The van der Waals surface area contributed by atoms with Gasteiger partial charge in [0.2, 0.25) is 5.91 Å². The first-order valence-corrected chi connectivity index (χ1v) is 6.48. The molecule has 1 saturated carbocycles. The summed E-state index contributed by atoms with van der Waals surface area (Å²) in [6.45, 7) is 0.680. The standard InChI is InChI=1S/C13H23N3O/c1-16(2)13(17)8-9-15-12-7-5-3-4-6-11(12)10-14/h11-12,15H,3-9H2,1-2H3. The van der Waals surface area contributed by atoms with Gasteiger partial charge in [0.05, 0.1) is 12.0 Å². The number of nitrogens with one attached hydrogen (secondary N) is 1. The normalized spacial score (nSPS) is 24.8.